The highest BCUT2D eigenvalue weighted by Crippen LogP contribution is 2.44. The molecule has 1 fully saturated rings. The lowest BCUT2D eigenvalue weighted by molar-refractivity contribution is 0.314. The Morgan fingerprint density at radius 2 is 2.21 bits per heavy atom. The van der Waals surface area contributed by atoms with Gasteiger partial charge in [0, 0.05) is 24.1 Å². The molecule has 0 saturated heterocycles. The maximum absolute atomic E-state index is 10.3. The van der Waals surface area contributed by atoms with Gasteiger partial charge in [0.05, 0.1) is 16.5 Å². The first-order valence-corrected chi connectivity index (χ1v) is 7.97. The molecular weight excluding hydrogens is 351 g/mol. The number of hydrogen-bond donors (Lipinski definition) is 1. The fourth-order valence-corrected chi connectivity index (χ4v) is 3.96. The molecule has 0 bridgehead atoms. The van der Waals surface area contributed by atoms with Crippen LogP contribution in [0.3, 0.4) is 0 Å². The van der Waals surface area contributed by atoms with Gasteiger partial charge < -0.3 is 10.0 Å². The lowest BCUT2D eigenvalue weighted by Crippen LogP contribution is -2.34. The molecule has 3 atom stereocenters. The zero-order valence-corrected chi connectivity index (χ0v) is 13.2. The molecule has 1 aromatic rings. The van der Waals surface area contributed by atoms with E-state index in [4.69, 9.17) is 0 Å². The highest BCUT2D eigenvalue weighted by molar-refractivity contribution is 14.1. The van der Waals surface area contributed by atoms with Gasteiger partial charge in [0.1, 0.15) is 5.75 Å². The average molecular weight is 370 g/mol. The summed E-state index contributed by atoms with van der Waals surface area (Å²) in [7, 11) is 0. The summed E-state index contributed by atoms with van der Waals surface area (Å²) < 4.78 is 0.948. The second kappa shape index (κ2) is 5.31. The van der Waals surface area contributed by atoms with Crippen molar-refractivity contribution in [2.24, 2.45) is 10.9 Å². The lowest BCUT2D eigenvalue weighted by atomic mass is 9.92. The molecule has 4 heteroatoms. The molecule has 0 amide bonds. The molecule has 3 nitrogen and oxygen atoms in total. The van der Waals surface area contributed by atoms with Crippen LogP contribution in [-0.2, 0) is 0 Å². The summed E-state index contributed by atoms with van der Waals surface area (Å²) in [5.41, 5.74) is 1.11. The number of para-hydroxylation sites is 1. The molecule has 2 aliphatic rings. The number of hydrogen-bond acceptors (Lipinski definition) is 3. The predicted molar refractivity (Wildman–Crippen MR) is 85.8 cm³/mol. The summed E-state index contributed by atoms with van der Waals surface area (Å²) in [4.78, 5) is 6.71. The van der Waals surface area contributed by atoms with E-state index >= 15 is 0 Å². The fourth-order valence-electron chi connectivity index (χ4n) is 3.44. The quantitative estimate of drug-likeness (QED) is 0.812. The van der Waals surface area contributed by atoms with Crippen molar-refractivity contribution in [3.05, 3.63) is 27.3 Å². The van der Waals surface area contributed by atoms with Crippen LogP contribution in [0, 0.1) is 9.49 Å². The average Bonchev–Trinajstić information content (AvgIpc) is 3.01. The van der Waals surface area contributed by atoms with E-state index < -0.39 is 0 Å². The molecule has 19 heavy (non-hydrogen) atoms. The summed E-state index contributed by atoms with van der Waals surface area (Å²) in [5.74, 6) is 1.61. The van der Waals surface area contributed by atoms with Crippen molar-refractivity contribution in [1.29, 1.82) is 0 Å². The Labute approximate surface area is 127 Å². The van der Waals surface area contributed by atoms with Crippen molar-refractivity contribution in [3.8, 4) is 5.75 Å². The molecule has 0 aromatic heterocycles. The van der Waals surface area contributed by atoms with Gasteiger partial charge >= 0.3 is 0 Å². The van der Waals surface area contributed by atoms with Crippen molar-refractivity contribution in [2.75, 3.05) is 13.1 Å². The third kappa shape index (κ3) is 2.47. The maximum Gasteiger partial charge on any atom is 0.132 e. The Bertz CT molecular complexity index is 503. The molecule has 1 aromatic carbocycles. The molecule has 1 heterocycles. The van der Waals surface area contributed by atoms with E-state index in [1.807, 2.05) is 12.4 Å². The minimum Gasteiger partial charge on any atom is -0.507 e. The van der Waals surface area contributed by atoms with E-state index in [0.717, 1.165) is 28.6 Å². The zero-order chi connectivity index (χ0) is 13.4. The van der Waals surface area contributed by atoms with Gasteiger partial charge in [0.25, 0.3) is 0 Å². The van der Waals surface area contributed by atoms with E-state index in [0.29, 0.717) is 23.6 Å². The second-order valence-corrected chi connectivity index (χ2v) is 6.85. The highest BCUT2D eigenvalue weighted by Gasteiger charge is 2.38. The van der Waals surface area contributed by atoms with Gasteiger partial charge in [-0.3, -0.25) is 4.99 Å². The Kier molecular flexibility index (Phi) is 3.69. The van der Waals surface area contributed by atoms with Crippen LogP contribution in [0.2, 0.25) is 0 Å². The van der Waals surface area contributed by atoms with Crippen LogP contribution in [0.4, 0.5) is 0 Å². The van der Waals surface area contributed by atoms with Gasteiger partial charge in [0.15, 0.2) is 0 Å². The van der Waals surface area contributed by atoms with E-state index in [9.17, 15) is 5.11 Å². The Hall–Kier alpha value is -0.780. The highest BCUT2D eigenvalue weighted by atomic mass is 127. The second-order valence-electron chi connectivity index (χ2n) is 5.69. The standard InChI is InChI=1S/C15H19IN2O/c1-10-7-12(11-3-2-4-13(16)15(11)19)14(8-10)18-6-5-17-9-18/h2-4,9-10,12,14,19H,5-8H2,1H3. The van der Waals surface area contributed by atoms with Gasteiger partial charge in [-0.25, -0.2) is 0 Å². The molecule has 3 rings (SSSR count). The Balaban J connectivity index is 1.92. The third-order valence-corrected chi connectivity index (χ3v) is 5.20. The minimum atomic E-state index is 0.425. The first-order valence-electron chi connectivity index (χ1n) is 6.90. The number of phenols is 1. The number of phenolic OH excluding ortho intramolecular Hbond substituents is 1. The van der Waals surface area contributed by atoms with Gasteiger partial charge in [-0.1, -0.05) is 19.1 Å². The van der Waals surface area contributed by atoms with E-state index in [-0.39, 0.29) is 0 Å². The lowest BCUT2D eigenvalue weighted by Gasteiger charge is -2.29. The van der Waals surface area contributed by atoms with Gasteiger partial charge in [-0.15, -0.1) is 0 Å². The Morgan fingerprint density at radius 1 is 1.37 bits per heavy atom. The number of aliphatic imine (C=N–C) groups is 1. The monoisotopic (exact) mass is 370 g/mol. The molecule has 1 aliphatic carbocycles. The predicted octanol–water partition coefficient (Wildman–Crippen LogP) is 3.22. The Morgan fingerprint density at radius 3 is 2.95 bits per heavy atom. The van der Waals surface area contributed by atoms with Crippen molar-refractivity contribution < 1.29 is 5.11 Å². The third-order valence-electron chi connectivity index (χ3n) is 4.33. The van der Waals surface area contributed by atoms with Crippen LogP contribution < -0.4 is 0 Å². The van der Waals surface area contributed by atoms with E-state index in [1.54, 1.807) is 0 Å². The normalized spacial score (nSPS) is 30.2. The number of aromatic hydroxyl groups is 1. The first kappa shape index (κ1) is 13.2. The van der Waals surface area contributed by atoms with Gasteiger partial charge in [-0.05, 0) is 47.4 Å². The van der Waals surface area contributed by atoms with Crippen LogP contribution >= 0.6 is 22.6 Å². The fraction of sp³-hybridized carbons (Fsp3) is 0.533. The topological polar surface area (TPSA) is 35.8 Å². The molecule has 102 valence electrons. The number of nitrogens with zero attached hydrogens (tertiary/aromatic N) is 2. The molecular formula is C15H19IN2O. The smallest absolute Gasteiger partial charge is 0.132 e. The van der Waals surface area contributed by atoms with Crippen LogP contribution in [0.15, 0.2) is 23.2 Å². The summed E-state index contributed by atoms with van der Waals surface area (Å²) in [5, 5.41) is 10.3. The number of benzene rings is 1. The first-order chi connectivity index (χ1) is 9.16. The minimum absolute atomic E-state index is 0.425. The summed E-state index contributed by atoms with van der Waals surface area (Å²) in [6.45, 7) is 4.25. The summed E-state index contributed by atoms with van der Waals surface area (Å²) in [6.07, 6.45) is 4.35. The number of rotatable bonds is 2. The van der Waals surface area contributed by atoms with Crippen molar-refractivity contribution >= 4 is 28.9 Å². The van der Waals surface area contributed by atoms with E-state index in [2.05, 4.69) is 51.5 Å². The summed E-state index contributed by atoms with van der Waals surface area (Å²) in [6, 6.07) is 6.59. The SMILES string of the molecule is CC1CC(c2cccc(I)c2O)C(N2C=NCC2)C1. The zero-order valence-electron chi connectivity index (χ0n) is 11.1. The molecule has 0 spiro atoms. The maximum atomic E-state index is 10.3. The molecule has 1 saturated carbocycles. The van der Waals surface area contributed by atoms with Gasteiger partial charge in [-0.2, -0.15) is 0 Å². The van der Waals surface area contributed by atoms with Crippen LogP contribution in [0.1, 0.15) is 31.2 Å². The van der Waals surface area contributed by atoms with Crippen molar-refractivity contribution in [3.63, 3.8) is 0 Å². The largest absolute Gasteiger partial charge is 0.507 e. The van der Waals surface area contributed by atoms with Crippen LogP contribution in [0.25, 0.3) is 0 Å². The van der Waals surface area contributed by atoms with Gasteiger partial charge in [0.2, 0.25) is 0 Å². The van der Waals surface area contributed by atoms with Crippen LogP contribution in [0.5, 0.6) is 5.75 Å². The van der Waals surface area contributed by atoms with Crippen LogP contribution in [-0.4, -0.2) is 35.5 Å². The molecule has 1 N–H and O–H groups in total. The van der Waals surface area contributed by atoms with Crippen molar-refractivity contribution in [1.82, 2.24) is 4.90 Å². The van der Waals surface area contributed by atoms with Crippen molar-refractivity contribution in [2.45, 2.75) is 31.7 Å². The molecule has 0 radical (unpaired) electrons. The molecule has 1 aliphatic heterocycles. The summed E-state index contributed by atoms with van der Waals surface area (Å²) >= 11 is 2.21. The van der Waals surface area contributed by atoms with E-state index in [1.165, 1.54) is 6.42 Å². The molecule has 3 unspecified atom stereocenters. The number of halogens is 1.